The summed E-state index contributed by atoms with van der Waals surface area (Å²) in [5, 5.41) is 18.0. The Morgan fingerprint density at radius 3 is 1.51 bits per heavy atom. The molecule has 0 aliphatic carbocycles. The van der Waals surface area contributed by atoms with Gasteiger partial charge in [-0.15, -0.1) is 0 Å². The molecule has 430 valence electrons. The molecule has 3 aliphatic rings. The first-order chi connectivity index (χ1) is 39.2. The minimum absolute atomic E-state index is 0.0758. The Bertz CT molecular complexity index is 3570. The lowest BCUT2D eigenvalue weighted by molar-refractivity contribution is -0.141. The van der Waals surface area contributed by atoms with E-state index >= 15 is 0 Å². The van der Waals surface area contributed by atoms with Crippen molar-refractivity contribution in [1.29, 1.82) is 10.5 Å². The van der Waals surface area contributed by atoms with Gasteiger partial charge in [-0.2, -0.15) is 10.5 Å². The molecule has 6 aromatic carbocycles. The van der Waals surface area contributed by atoms with Crippen molar-refractivity contribution >= 4 is 42.4 Å². The number of nitriles is 2. The quantitative estimate of drug-likeness (QED) is 0.0775. The van der Waals surface area contributed by atoms with E-state index in [0.717, 1.165) is 103 Å². The van der Waals surface area contributed by atoms with Crippen molar-refractivity contribution in [1.82, 2.24) is 9.80 Å². The van der Waals surface area contributed by atoms with Gasteiger partial charge in [0.1, 0.15) is 0 Å². The zero-order valence-electron chi connectivity index (χ0n) is 51.4. The molecule has 12 nitrogen and oxygen atoms in total. The van der Waals surface area contributed by atoms with E-state index < -0.39 is 5.97 Å². The third-order valence-electron chi connectivity index (χ3n) is 17.5. The number of hydrogen-bond acceptors (Lipinski definition) is 10. The van der Waals surface area contributed by atoms with E-state index in [1.54, 1.807) is 30.3 Å². The first kappa shape index (κ1) is 62.5. The number of hydrogen-bond donors (Lipinski definition) is 0. The number of ether oxygens (including phenoxy) is 2. The molecule has 1 saturated heterocycles. The average Bonchev–Trinajstić information content (AvgIpc) is 3.24. The first-order valence-electron chi connectivity index (χ1n) is 28.4. The topological polar surface area (TPSA) is 159 Å². The number of carbonyl (C=O) groups excluding carboxylic acids is 4. The lowest BCUT2D eigenvalue weighted by atomic mass is 9.77. The highest BCUT2D eigenvalue weighted by molar-refractivity contribution is 6.62. The standard InChI is InChI=1S/C32H34N2O3.C26H34BNO3.C12H11NO2/c1-19-13-20(2)23(5)31(22(19)4)32(36)34-12-11-25-8-9-26(15-27(25)18-34)29(16-30(35)37-6)28-10-7-24(17-33)14-21(28)3;1-16-13-17(2)19(4)23(18(16)3)24(29)28-12-11-20-9-10-22(14-21(20)15-28)27-30-25(5,6)26(7,8)31-27;1-9-7-10(8-13)3-4-11(9)5-6-12(14)15-2/h7-10,13-15,29H,11-12,16,18H2,1-6H3;9-10,13-14H,11-12,15H2,1-8H3;3-7H,1-2H3/b;;6-5+. The van der Waals surface area contributed by atoms with Gasteiger partial charge in [0.2, 0.25) is 0 Å². The first-order valence-corrected chi connectivity index (χ1v) is 28.4. The molecule has 2 amide bonds. The molecule has 0 N–H and O–H groups in total. The van der Waals surface area contributed by atoms with Gasteiger partial charge in [0.25, 0.3) is 11.8 Å². The van der Waals surface area contributed by atoms with Crippen molar-refractivity contribution in [3.63, 3.8) is 0 Å². The molecule has 6 aromatic rings. The summed E-state index contributed by atoms with van der Waals surface area (Å²) in [6.45, 7) is 31.2. The van der Waals surface area contributed by atoms with Crippen molar-refractivity contribution in [3.05, 3.63) is 208 Å². The van der Waals surface area contributed by atoms with Gasteiger partial charge in [0, 0.05) is 49.3 Å². The highest BCUT2D eigenvalue weighted by Crippen LogP contribution is 2.38. The molecule has 3 heterocycles. The van der Waals surface area contributed by atoms with Gasteiger partial charge in [-0.05, 0) is 240 Å². The van der Waals surface area contributed by atoms with Crippen LogP contribution in [0.2, 0.25) is 0 Å². The largest absolute Gasteiger partial charge is 0.494 e. The van der Waals surface area contributed by atoms with E-state index in [-0.39, 0.29) is 48.4 Å². The number of nitrogens with zero attached hydrogens (tertiary/aromatic N) is 4. The highest BCUT2D eigenvalue weighted by Gasteiger charge is 2.52. The summed E-state index contributed by atoms with van der Waals surface area (Å²) in [5.41, 5.74) is 21.7. The molecule has 0 saturated carbocycles. The molecule has 1 atom stereocenters. The van der Waals surface area contributed by atoms with E-state index in [2.05, 4.69) is 135 Å². The Labute approximate surface area is 492 Å². The van der Waals surface area contributed by atoms with Crippen LogP contribution in [0.25, 0.3) is 6.08 Å². The number of fused-ring (bicyclic) bond motifs is 2. The van der Waals surface area contributed by atoms with Crippen LogP contribution in [0, 0.1) is 91.9 Å². The fraction of sp³-hybridized carbons (Fsp3) is 0.371. The molecular formula is C70H79BN4O8. The smallest absolute Gasteiger partial charge is 0.469 e. The lowest BCUT2D eigenvalue weighted by Gasteiger charge is -2.32. The van der Waals surface area contributed by atoms with E-state index in [0.29, 0.717) is 30.8 Å². The minimum Gasteiger partial charge on any atom is -0.469 e. The van der Waals surface area contributed by atoms with Crippen LogP contribution in [0.5, 0.6) is 0 Å². The van der Waals surface area contributed by atoms with Crippen LogP contribution in [0.4, 0.5) is 0 Å². The normalized spacial score (nSPS) is 15.1. The number of aryl methyl sites for hydroxylation is 6. The number of rotatable bonds is 9. The number of esters is 2. The number of amides is 2. The Morgan fingerprint density at radius 2 is 1.05 bits per heavy atom. The summed E-state index contributed by atoms with van der Waals surface area (Å²) in [7, 11) is 2.35. The van der Waals surface area contributed by atoms with Gasteiger partial charge in [0.05, 0.1) is 55.1 Å². The Morgan fingerprint density at radius 1 is 0.578 bits per heavy atom. The molecule has 13 heteroatoms. The molecule has 3 aliphatic heterocycles. The van der Waals surface area contributed by atoms with Crippen molar-refractivity contribution in [2.45, 2.75) is 146 Å². The molecule has 1 fully saturated rings. The van der Waals surface area contributed by atoms with E-state index in [9.17, 15) is 24.4 Å². The Balaban J connectivity index is 0.000000194. The second kappa shape index (κ2) is 26.0. The number of carbonyl (C=O) groups is 4. The van der Waals surface area contributed by atoms with Crippen LogP contribution < -0.4 is 5.46 Å². The highest BCUT2D eigenvalue weighted by atomic mass is 16.7. The number of benzene rings is 6. The van der Waals surface area contributed by atoms with Crippen LogP contribution in [0.1, 0.15) is 166 Å². The molecular weight excluding hydrogens is 1040 g/mol. The van der Waals surface area contributed by atoms with Crippen LogP contribution in [-0.2, 0) is 54.3 Å². The second-order valence-corrected chi connectivity index (χ2v) is 23.4. The van der Waals surface area contributed by atoms with Gasteiger partial charge < -0.3 is 28.6 Å². The van der Waals surface area contributed by atoms with Crippen LogP contribution >= 0.6 is 0 Å². The average molecular weight is 1120 g/mol. The summed E-state index contributed by atoms with van der Waals surface area (Å²) < 4.78 is 22.0. The van der Waals surface area contributed by atoms with Gasteiger partial charge in [-0.3, -0.25) is 14.4 Å². The third-order valence-corrected chi connectivity index (χ3v) is 17.5. The minimum atomic E-state index is -0.390. The van der Waals surface area contributed by atoms with Crippen LogP contribution in [0.3, 0.4) is 0 Å². The molecule has 0 bridgehead atoms. The zero-order valence-corrected chi connectivity index (χ0v) is 51.4. The predicted octanol–water partition coefficient (Wildman–Crippen LogP) is 12.5. The van der Waals surface area contributed by atoms with E-state index in [1.165, 1.54) is 48.1 Å². The fourth-order valence-electron chi connectivity index (χ4n) is 11.2. The van der Waals surface area contributed by atoms with Crippen LogP contribution in [-0.4, -0.2) is 79.2 Å². The maximum atomic E-state index is 13.7. The van der Waals surface area contributed by atoms with Crippen molar-refractivity contribution in [3.8, 4) is 12.1 Å². The van der Waals surface area contributed by atoms with E-state index in [4.69, 9.17) is 19.3 Å². The van der Waals surface area contributed by atoms with Crippen molar-refractivity contribution < 1.29 is 38.0 Å². The summed E-state index contributed by atoms with van der Waals surface area (Å²) >= 11 is 0. The summed E-state index contributed by atoms with van der Waals surface area (Å²) in [5.74, 6) is -0.677. The van der Waals surface area contributed by atoms with Gasteiger partial charge >= 0.3 is 19.1 Å². The Kier molecular flexibility index (Phi) is 19.6. The van der Waals surface area contributed by atoms with Crippen molar-refractivity contribution in [2.75, 3.05) is 27.3 Å². The SMILES string of the molecule is COC(=O)/C=C/c1ccc(C#N)cc1C.COC(=O)CC(c1ccc2c(c1)CN(C(=O)c1c(C)c(C)cc(C)c1C)CC2)c1ccc(C#N)cc1C.Cc1cc(C)c(C)c(C(=O)N2CCc3ccc(B4OC(C)(C)C(C)(C)O4)cc3C2)c1C. The fourth-order valence-corrected chi connectivity index (χ4v) is 11.2. The molecule has 0 spiro atoms. The van der Waals surface area contributed by atoms with Gasteiger partial charge in [-0.25, -0.2) is 4.79 Å². The molecule has 83 heavy (non-hydrogen) atoms. The maximum absolute atomic E-state index is 13.7. The predicted molar refractivity (Wildman–Crippen MR) is 328 cm³/mol. The maximum Gasteiger partial charge on any atom is 0.494 e. The molecule has 0 aromatic heterocycles. The molecule has 9 rings (SSSR count). The third kappa shape index (κ3) is 13.9. The Hall–Kier alpha value is -8.10. The van der Waals surface area contributed by atoms with E-state index in [1.807, 2.05) is 49.6 Å². The second-order valence-electron chi connectivity index (χ2n) is 23.4. The summed E-state index contributed by atoms with van der Waals surface area (Å²) in [6, 6.07) is 32.2. The van der Waals surface area contributed by atoms with Gasteiger partial charge in [-0.1, -0.05) is 60.7 Å². The summed E-state index contributed by atoms with van der Waals surface area (Å²) in [6.07, 6.45) is 4.89. The summed E-state index contributed by atoms with van der Waals surface area (Å²) in [4.78, 5) is 54.4. The van der Waals surface area contributed by atoms with Gasteiger partial charge in [0.15, 0.2) is 0 Å². The zero-order chi connectivity index (χ0) is 60.8. The van der Waals surface area contributed by atoms with Crippen LogP contribution in [0.15, 0.2) is 91.0 Å². The molecule has 1 unspecified atom stereocenters. The lowest BCUT2D eigenvalue weighted by Crippen LogP contribution is -2.41. The monoisotopic (exact) mass is 1110 g/mol. The molecule has 0 radical (unpaired) electrons. The van der Waals surface area contributed by atoms with Crippen molar-refractivity contribution in [2.24, 2.45) is 0 Å². The number of methoxy groups -OCH3 is 2.